The summed E-state index contributed by atoms with van der Waals surface area (Å²) in [5.41, 5.74) is -0.431. The second-order valence-corrected chi connectivity index (χ2v) is 13.0. The SMILES string of the molecule is COc1cc(F)c(OC2CCC(C(=O)OC(C)(C)C)CC2)cc1C(=O)NC1CCCC1C(=O)NCC(C)(C)C. The maximum atomic E-state index is 14.9. The molecule has 2 N–H and O–H groups in total. The Hall–Kier alpha value is -2.84. The van der Waals surface area contributed by atoms with E-state index in [1.54, 1.807) is 0 Å². The zero-order valence-corrected chi connectivity index (χ0v) is 24.4. The first-order valence-corrected chi connectivity index (χ1v) is 14.0. The fraction of sp³-hybridized carbons (Fsp3) is 0.700. The highest BCUT2D eigenvalue weighted by molar-refractivity contribution is 5.98. The normalized spacial score (nSPS) is 23.6. The monoisotopic (exact) mass is 548 g/mol. The van der Waals surface area contributed by atoms with Crippen LogP contribution in [0.4, 0.5) is 4.39 Å². The number of rotatable bonds is 8. The van der Waals surface area contributed by atoms with Crippen molar-refractivity contribution in [1.82, 2.24) is 10.6 Å². The van der Waals surface area contributed by atoms with Gasteiger partial charge in [-0.25, -0.2) is 4.39 Å². The summed E-state index contributed by atoms with van der Waals surface area (Å²) in [6.07, 6.45) is 4.26. The third-order valence-electron chi connectivity index (χ3n) is 7.17. The van der Waals surface area contributed by atoms with Crippen molar-refractivity contribution < 1.29 is 33.0 Å². The minimum Gasteiger partial charge on any atom is -0.496 e. The molecule has 0 aromatic heterocycles. The van der Waals surface area contributed by atoms with E-state index in [1.165, 1.54) is 13.2 Å². The largest absolute Gasteiger partial charge is 0.496 e. The standard InChI is InChI=1S/C30H45FN2O6/c1-29(2,3)17-32-26(34)20-9-8-10-23(20)33-27(35)21-15-25(22(31)16-24(21)37-7)38-19-13-11-18(12-14-19)28(36)39-30(4,5)6/h15-16,18-20,23H,8-14,17H2,1-7H3,(H,32,34)(H,33,35). The second kappa shape index (κ2) is 12.6. The number of hydrogen-bond donors (Lipinski definition) is 2. The highest BCUT2D eigenvalue weighted by Crippen LogP contribution is 2.34. The lowest BCUT2D eigenvalue weighted by Gasteiger charge is -2.30. The third-order valence-corrected chi connectivity index (χ3v) is 7.17. The summed E-state index contributed by atoms with van der Waals surface area (Å²) in [7, 11) is 1.38. The highest BCUT2D eigenvalue weighted by atomic mass is 19.1. The van der Waals surface area contributed by atoms with Crippen LogP contribution in [0.2, 0.25) is 0 Å². The summed E-state index contributed by atoms with van der Waals surface area (Å²) < 4.78 is 31.7. The lowest BCUT2D eigenvalue weighted by Crippen LogP contribution is -2.45. The lowest BCUT2D eigenvalue weighted by atomic mass is 9.87. The van der Waals surface area contributed by atoms with Crippen molar-refractivity contribution in [1.29, 1.82) is 0 Å². The minimum atomic E-state index is -0.627. The fourth-order valence-electron chi connectivity index (χ4n) is 5.13. The van der Waals surface area contributed by atoms with Crippen molar-refractivity contribution in [2.45, 2.75) is 104 Å². The fourth-order valence-corrected chi connectivity index (χ4v) is 5.13. The molecule has 2 aliphatic rings. The molecule has 2 amide bonds. The predicted octanol–water partition coefficient (Wildman–Crippen LogP) is 5.17. The third kappa shape index (κ3) is 8.83. The number of carbonyl (C=O) groups is 3. The van der Waals surface area contributed by atoms with Crippen molar-refractivity contribution >= 4 is 17.8 Å². The summed E-state index contributed by atoms with van der Waals surface area (Å²) in [6, 6.07) is 2.20. The number of ether oxygens (including phenoxy) is 3. The molecule has 2 saturated carbocycles. The average molecular weight is 549 g/mol. The van der Waals surface area contributed by atoms with Crippen LogP contribution in [-0.4, -0.2) is 49.2 Å². The Labute approximate surface area is 231 Å². The number of esters is 1. The van der Waals surface area contributed by atoms with Gasteiger partial charge in [-0.3, -0.25) is 14.4 Å². The van der Waals surface area contributed by atoms with E-state index in [9.17, 15) is 18.8 Å². The van der Waals surface area contributed by atoms with Gasteiger partial charge in [0.25, 0.3) is 5.91 Å². The van der Waals surface area contributed by atoms with Gasteiger partial charge in [-0.05, 0) is 70.8 Å². The summed E-state index contributed by atoms with van der Waals surface area (Å²) in [5, 5.41) is 5.98. The maximum absolute atomic E-state index is 14.9. The number of methoxy groups -OCH3 is 1. The number of hydrogen-bond acceptors (Lipinski definition) is 6. The molecule has 3 rings (SSSR count). The highest BCUT2D eigenvalue weighted by Gasteiger charge is 2.35. The quantitative estimate of drug-likeness (QED) is 0.434. The van der Waals surface area contributed by atoms with Crippen LogP contribution < -0.4 is 20.1 Å². The molecule has 218 valence electrons. The molecule has 0 aliphatic heterocycles. The molecule has 1 aromatic rings. The number of benzene rings is 1. The van der Waals surface area contributed by atoms with Crippen LogP contribution in [0.1, 0.15) is 96.8 Å². The number of carbonyl (C=O) groups excluding carboxylic acids is 3. The van der Waals surface area contributed by atoms with E-state index < -0.39 is 17.3 Å². The molecule has 0 radical (unpaired) electrons. The Bertz CT molecular complexity index is 1040. The molecule has 0 saturated heterocycles. The molecule has 8 nitrogen and oxygen atoms in total. The Balaban J connectivity index is 1.65. The van der Waals surface area contributed by atoms with Gasteiger partial charge in [0, 0.05) is 18.7 Å². The first-order valence-electron chi connectivity index (χ1n) is 14.0. The Morgan fingerprint density at radius 2 is 1.62 bits per heavy atom. The van der Waals surface area contributed by atoms with Gasteiger partial charge < -0.3 is 24.8 Å². The number of amides is 2. The van der Waals surface area contributed by atoms with E-state index in [-0.39, 0.29) is 58.3 Å². The van der Waals surface area contributed by atoms with Crippen LogP contribution in [0.5, 0.6) is 11.5 Å². The van der Waals surface area contributed by atoms with Crippen LogP contribution >= 0.6 is 0 Å². The molecule has 1 aromatic carbocycles. The van der Waals surface area contributed by atoms with Crippen LogP contribution in [-0.2, 0) is 14.3 Å². The molecule has 0 spiro atoms. The molecule has 2 atom stereocenters. The van der Waals surface area contributed by atoms with Crippen LogP contribution in [0.15, 0.2) is 12.1 Å². The second-order valence-electron chi connectivity index (χ2n) is 13.0. The molecule has 0 heterocycles. The van der Waals surface area contributed by atoms with Gasteiger partial charge in [-0.15, -0.1) is 0 Å². The molecular weight excluding hydrogens is 503 g/mol. The zero-order chi connectivity index (χ0) is 29.0. The molecule has 2 unspecified atom stereocenters. The van der Waals surface area contributed by atoms with Gasteiger partial charge in [-0.1, -0.05) is 27.2 Å². The van der Waals surface area contributed by atoms with E-state index in [1.807, 2.05) is 41.5 Å². The van der Waals surface area contributed by atoms with Gasteiger partial charge in [0.05, 0.1) is 30.6 Å². The summed E-state index contributed by atoms with van der Waals surface area (Å²) >= 11 is 0. The lowest BCUT2D eigenvalue weighted by molar-refractivity contribution is -0.161. The Morgan fingerprint density at radius 1 is 0.949 bits per heavy atom. The summed E-state index contributed by atoms with van der Waals surface area (Å²) in [6.45, 7) is 12.2. The van der Waals surface area contributed by atoms with E-state index in [0.29, 0.717) is 45.1 Å². The van der Waals surface area contributed by atoms with E-state index >= 15 is 0 Å². The van der Waals surface area contributed by atoms with Crippen molar-refractivity contribution in [3.8, 4) is 11.5 Å². The van der Waals surface area contributed by atoms with Crippen LogP contribution in [0, 0.1) is 23.1 Å². The molecule has 39 heavy (non-hydrogen) atoms. The van der Waals surface area contributed by atoms with Gasteiger partial charge >= 0.3 is 5.97 Å². The first-order chi connectivity index (χ1) is 18.2. The van der Waals surface area contributed by atoms with E-state index in [0.717, 1.165) is 12.5 Å². The summed E-state index contributed by atoms with van der Waals surface area (Å²) in [4.78, 5) is 38.5. The van der Waals surface area contributed by atoms with E-state index in [2.05, 4.69) is 10.6 Å². The smallest absolute Gasteiger partial charge is 0.309 e. The first kappa shape index (κ1) is 30.7. The number of halogens is 1. The van der Waals surface area contributed by atoms with Crippen LogP contribution in [0.3, 0.4) is 0 Å². The van der Waals surface area contributed by atoms with Crippen molar-refractivity contribution in [2.75, 3.05) is 13.7 Å². The molecule has 0 bridgehead atoms. The minimum absolute atomic E-state index is 0.0347. The average Bonchev–Trinajstić information content (AvgIpc) is 3.30. The van der Waals surface area contributed by atoms with Gasteiger partial charge in [0.2, 0.25) is 5.91 Å². The van der Waals surface area contributed by atoms with Crippen LogP contribution in [0.25, 0.3) is 0 Å². The van der Waals surface area contributed by atoms with Gasteiger partial charge in [0.15, 0.2) is 11.6 Å². The molecular formula is C30H45FN2O6. The van der Waals surface area contributed by atoms with Crippen molar-refractivity contribution in [2.24, 2.45) is 17.3 Å². The van der Waals surface area contributed by atoms with E-state index in [4.69, 9.17) is 14.2 Å². The Kier molecular flexibility index (Phi) is 9.88. The predicted molar refractivity (Wildman–Crippen MR) is 146 cm³/mol. The zero-order valence-electron chi connectivity index (χ0n) is 24.4. The Morgan fingerprint density at radius 3 is 2.21 bits per heavy atom. The topological polar surface area (TPSA) is 103 Å². The molecule has 2 aliphatic carbocycles. The van der Waals surface area contributed by atoms with Gasteiger partial charge in [-0.2, -0.15) is 0 Å². The number of nitrogens with one attached hydrogen (secondary N) is 2. The van der Waals surface area contributed by atoms with Crippen molar-refractivity contribution in [3.05, 3.63) is 23.5 Å². The van der Waals surface area contributed by atoms with Gasteiger partial charge in [0.1, 0.15) is 11.4 Å². The molecule has 2 fully saturated rings. The van der Waals surface area contributed by atoms with Crippen molar-refractivity contribution in [3.63, 3.8) is 0 Å². The maximum Gasteiger partial charge on any atom is 0.309 e. The molecule has 9 heteroatoms. The summed E-state index contributed by atoms with van der Waals surface area (Å²) in [5.74, 6) is -1.81.